The highest BCUT2D eigenvalue weighted by atomic mass is 32.2. The number of thioether (sulfide) groups is 1. The second-order valence-electron chi connectivity index (χ2n) is 4.10. The standard InChI is InChI=1S/C13H10N4O2S2/c18-11(19)7-20-13-17-16-12(21-13)15-9-5-8-3-1-2-4-10(8)14-6-9/h1-6H,7H2,(H,15,16)(H,18,19). The number of rotatable bonds is 5. The molecule has 106 valence electrons. The van der Waals surface area contributed by atoms with Crippen LogP contribution in [0.3, 0.4) is 0 Å². The molecule has 0 saturated heterocycles. The van der Waals surface area contributed by atoms with E-state index in [0.29, 0.717) is 9.47 Å². The van der Waals surface area contributed by atoms with E-state index in [1.54, 1.807) is 6.20 Å². The number of benzene rings is 1. The van der Waals surface area contributed by atoms with Crippen molar-refractivity contribution in [3.8, 4) is 0 Å². The Morgan fingerprint density at radius 2 is 2.19 bits per heavy atom. The van der Waals surface area contributed by atoms with Crippen LogP contribution in [0.4, 0.5) is 10.8 Å². The third-order valence-electron chi connectivity index (χ3n) is 2.57. The molecular weight excluding hydrogens is 308 g/mol. The predicted molar refractivity (Wildman–Crippen MR) is 83.3 cm³/mol. The largest absolute Gasteiger partial charge is 0.481 e. The maximum atomic E-state index is 10.5. The zero-order chi connectivity index (χ0) is 14.7. The maximum Gasteiger partial charge on any atom is 0.313 e. The smallest absolute Gasteiger partial charge is 0.313 e. The summed E-state index contributed by atoms with van der Waals surface area (Å²) in [6, 6.07) is 9.82. The van der Waals surface area contributed by atoms with Gasteiger partial charge in [0.15, 0.2) is 4.34 Å². The van der Waals surface area contributed by atoms with Crippen LogP contribution in [0.2, 0.25) is 0 Å². The molecule has 21 heavy (non-hydrogen) atoms. The van der Waals surface area contributed by atoms with Gasteiger partial charge >= 0.3 is 5.97 Å². The SMILES string of the molecule is O=C(O)CSc1nnc(Nc2cnc3ccccc3c2)s1. The summed E-state index contributed by atoms with van der Waals surface area (Å²) in [5, 5.41) is 21.3. The second-order valence-corrected chi connectivity index (χ2v) is 6.30. The number of anilines is 2. The molecule has 0 saturated carbocycles. The number of aliphatic carboxylic acids is 1. The van der Waals surface area contributed by atoms with Gasteiger partial charge in [0.25, 0.3) is 0 Å². The van der Waals surface area contributed by atoms with Crippen LogP contribution in [-0.4, -0.2) is 32.0 Å². The highest BCUT2D eigenvalue weighted by molar-refractivity contribution is 8.01. The highest BCUT2D eigenvalue weighted by Gasteiger charge is 2.07. The number of carbonyl (C=O) groups is 1. The van der Waals surface area contributed by atoms with Crippen LogP contribution in [0.15, 0.2) is 40.9 Å². The summed E-state index contributed by atoms with van der Waals surface area (Å²) in [7, 11) is 0. The van der Waals surface area contributed by atoms with Gasteiger partial charge in [-0.2, -0.15) is 0 Å². The summed E-state index contributed by atoms with van der Waals surface area (Å²) in [4.78, 5) is 14.9. The first-order valence-electron chi connectivity index (χ1n) is 6.00. The van der Waals surface area contributed by atoms with Crippen LogP contribution in [0, 0.1) is 0 Å². The van der Waals surface area contributed by atoms with Crippen molar-refractivity contribution in [1.29, 1.82) is 0 Å². The topological polar surface area (TPSA) is 88.0 Å². The van der Waals surface area contributed by atoms with Crippen LogP contribution in [0.5, 0.6) is 0 Å². The normalized spacial score (nSPS) is 10.7. The van der Waals surface area contributed by atoms with Crippen LogP contribution >= 0.6 is 23.1 Å². The third kappa shape index (κ3) is 3.47. The molecule has 8 heteroatoms. The first-order chi connectivity index (χ1) is 10.2. The minimum atomic E-state index is -0.872. The number of carboxylic acid groups (broad SMARTS) is 1. The van der Waals surface area contributed by atoms with Gasteiger partial charge in [0.05, 0.1) is 23.2 Å². The number of carboxylic acids is 1. The molecule has 0 bridgehead atoms. The van der Waals surface area contributed by atoms with Crippen LogP contribution < -0.4 is 5.32 Å². The molecular formula is C13H10N4O2S2. The van der Waals surface area contributed by atoms with E-state index in [4.69, 9.17) is 5.11 Å². The van der Waals surface area contributed by atoms with Gasteiger partial charge in [-0.25, -0.2) is 0 Å². The molecule has 2 N–H and O–H groups in total. The molecule has 0 unspecified atom stereocenters. The van der Waals surface area contributed by atoms with E-state index < -0.39 is 5.97 Å². The second kappa shape index (κ2) is 6.06. The molecule has 1 aromatic carbocycles. The minimum Gasteiger partial charge on any atom is -0.481 e. The molecule has 0 fully saturated rings. The lowest BCUT2D eigenvalue weighted by Crippen LogP contribution is -1.96. The summed E-state index contributed by atoms with van der Waals surface area (Å²) in [5.74, 6) is -0.893. The number of nitrogens with one attached hydrogen (secondary N) is 1. The summed E-state index contributed by atoms with van der Waals surface area (Å²) in [6.45, 7) is 0. The van der Waals surface area contributed by atoms with E-state index in [2.05, 4.69) is 20.5 Å². The van der Waals surface area contributed by atoms with Crippen molar-refractivity contribution in [1.82, 2.24) is 15.2 Å². The number of hydrogen-bond acceptors (Lipinski definition) is 7. The van der Waals surface area contributed by atoms with E-state index in [1.165, 1.54) is 11.3 Å². The molecule has 0 aliphatic rings. The molecule has 0 radical (unpaired) electrons. The number of para-hydroxylation sites is 1. The van der Waals surface area contributed by atoms with Gasteiger partial charge in [-0.3, -0.25) is 9.78 Å². The Balaban J connectivity index is 1.74. The van der Waals surface area contributed by atoms with Crippen LogP contribution in [-0.2, 0) is 4.79 Å². The number of nitrogens with zero attached hydrogens (tertiary/aromatic N) is 3. The molecule has 0 aliphatic carbocycles. The Hall–Kier alpha value is -2.19. The fourth-order valence-electron chi connectivity index (χ4n) is 1.70. The van der Waals surface area contributed by atoms with Crippen molar-refractivity contribution in [3.63, 3.8) is 0 Å². The molecule has 0 atom stereocenters. The molecule has 6 nitrogen and oxygen atoms in total. The van der Waals surface area contributed by atoms with Gasteiger partial charge in [0.2, 0.25) is 5.13 Å². The molecule has 2 heterocycles. The molecule has 0 aliphatic heterocycles. The Kier molecular flexibility index (Phi) is 3.98. The fourth-order valence-corrected chi connectivity index (χ4v) is 3.20. The van der Waals surface area contributed by atoms with E-state index in [9.17, 15) is 4.79 Å². The van der Waals surface area contributed by atoms with Crippen molar-refractivity contribution in [2.45, 2.75) is 4.34 Å². The summed E-state index contributed by atoms with van der Waals surface area (Å²) in [6.07, 6.45) is 1.73. The van der Waals surface area contributed by atoms with Gasteiger partial charge in [-0.1, -0.05) is 41.3 Å². The fraction of sp³-hybridized carbons (Fsp3) is 0.0769. The number of pyridine rings is 1. The van der Waals surface area contributed by atoms with Gasteiger partial charge in [0, 0.05) is 5.39 Å². The van der Waals surface area contributed by atoms with Gasteiger partial charge in [0.1, 0.15) is 0 Å². The lowest BCUT2D eigenvalue weighted by atomic mass is 10.2. The van der Waals surface area contributed by atoms with Gasteiger partial charge in [-0.15, -0.1) is 10.2 Å². The quantitative estimate of drug-likeness (QED) is 0.699. The minimum absolute atomic E-state index is 0.0217. The van der Waals surface area contributed by atoms with E-state index in [1.807, 2.05) is 30.3 Å². The number of hydrogen-bond donors (Lipinski definition) is 2. The van der Waals surface area contributed by atoms with E-state index in [0.717, 1.165) is 28.4 Å². The van der Waals surface area contributed by atoms with Crippen molar-refractivity contribution in [2.75, 3.05) is 11.1 Å². The average Bonchev–Trinajstić information content (AvgIpc) is 2.92. The Morgan fingerprint density at radius 1 is 1.33 bits per heavy atom. The first-order valence-corrected chi connectivity index (χ1v) is 7.81. The maximum absolute atomic E-state index is 10.5. The van der Waals surface area contributed by atoms with Crippen molar-refractivity contribution in [3.05, 3.63) is 36.5 Å². The average molecular weight is 318 g/mol. The molecule has 3 rings (SSSR count). The lowest BCUT2D eigenvalue weighted by Gasteiger charge is -2.02. The Morgan fingerprint density at radius 3 is 3.05 bits per heavy atom. The molecule has 2 aromatic heterocycles. The van der Waals surface area contributed by atoms with Crippen LogP contribution in [0.25, 0.3) is 10.9 Å². The van der Waals surface area contributed by atoms with Gasteiger partial charge in [-0.05, 0) is 12.1 Å². The summed E-state index contributed by atoms with van der Waals surface area (Å²) >= 11 is 2.47. The number of aromatic nitrogens is 3. The van der Waals surface area contributed by atoms with Gasteiger partial charge < -0.3 is 10.4 Å². The van der Waals surface area contributed by atoms with Crippen molar-refractivity contribution >= 4 is 50.8 Å². The zero-order valence-corrected chi connectivity index (χ0v) is 12.3. The number of fused-ring (bicyclic) bond motifs is 1. The Bertz CT molecular complexity index is 790. The highest BCUT2D eigenvalue weighted by Crippen LogP contribution is 2.28. The molecule has 0 spiro atoms. The van der Waals surface area contributed by atoms with E-state index >= 15 is 0 Å². The zero-order valence-electron chi connectivity index (χ0n) is 10.7. The van der Waals surface area contributed by atoms with E-state index in [-0.39, 0.29) is 5.75 Å². The lowest BCUT2D eigenvalue weighted by molar-refractivity contribution is -0.133. The third-order valence-corrected chi connectivity index (χ3v) is 4.52. The van der Waals surface area contributed by atoms with Crippen molar-refractivity contribution in [2.24, 2.45) is 0 Å². The van der Waals surface area contributed by atoms with Crippen LogP contribution in [0.1, 0.15) is 0 Å². The molecule has 3 aromatic rings. The van der Waals surface area contributed by atoms with Crippen molar-refractivity contribution < 1.29 is 9.90 Å². The monoisotopic (exact) mass is 318 g/mol. The summed E-state index contributed by atoms with van der Waals surface area (Å²) in [5.41, 5.74) is 1.75. The predicted octanol–water partition coefficient (Wildman–Crippen LogP) is 3.01. The molecule has 0 amide bonds. The summed E-state index contributed by atoms with van der Waals surface area (Å²) < 4.78 is 0.619. The first kappa shape index (κ1) is 13.8. The Labute approximate surface area is 128 Å².